The third-order valence-electron chi connectivity index (χ3n) is 4.38. The molecule has 2 atom stereocenters. The highest BCUT2D eigenvalue weighted by Gasteiger charge is 2.21. The molecule has 2 aromatic rings. The van der Waals surface area contributed by atoms with Crippen molar-refractivity contribution in [3.8, 4) is 0 Å². The summed E-state index contributed by atoms with van der Waals surface area (Å²) in [5, 5.41) is 5.19. The number of anilines is 1. The van der Waals surface area contributed by atoms with Gasteiger partial charge in [-0.2, -0.15) is 0 Å². The van der Waals surface area contributed by atoms with E-state index in [1.165, 1.54) is 6.20 Å². The monoisotopic (exact) mass is 606 g/mol. The van der Waals surface area contributed by atoms with Gasteiger partial charge in [0.1, 0.15) is 5.69 Å². The number of pyridine rings is 1. The van der Waals surface area contributed by atoms with Crippen LogP contribution in [0.5, 0.6) is 0 Å². The fourth-order valence-electron chi connectivity index (χ4n) is 2.44. The van der Waals surface area contributed by atoms with Crippen LogP contribution in [0.3, 0.4) is 0 Å². The number of ketones is 1. The van der Waals surface area contributed by atoms with E-state index in [4.69, 9.17) is 5.73 Å². The zero-order chi connectivity index (χ0) is 20.7. The Morgan fingerprint density at radius 1 is 1.17 bits per heavy atom. The molecule has 4 N–H and O–H groups in total. The van der Waals surface area contributed by atoms with Gasteiger partial charge in [-0.1, -0.05) is 42.3 Å². The second kappa shape index (κ2) is 13.6. The summed E-state index contributed by atoms with van der Waals surface area (Å²) in [5.74, 6) is -1.15. The van der Waals surface area contributed by atoms with E-state index >= 15 is 0 Å². The quantitative estimate of drug-likeness (QED) is 0.396. The summed E-state index contributed by atoms with van der Waals surface area (Å²) in [6, 6.07) is 9.30. The molecule has 0 saturated heterocycles. The van der Waals surface area contributed by atoms with Crippen LogP contribution >= 0.6 is 49.9 Å². The molecule has 0 aliphatic carbocycles. The first-order valence-electron chi connectivity index (χ1n) is 8.92. The minimum absolute atomic E-state index is 0. The zero-order valence-corrected chi connectivity index (χ0v) is 21.6. The highest BCUT2D eigenvalue weighted by molar-refractivity contribution is 9.10. The number of hydrogen-bond acceptors (Lipinski definition) is 5. The fraction of sp³-hybridized carbons (Fsp3) is 0.300. The molecule has 0 aliphatic rings. The summed E-state index contributed by atoms with van der Waals surface area (Å²) in [6.45, 7) is 3.58. The van der Waals surface area contributed by atoms with Gasteiger partial charge in [0.25, 0.3) is 0 Å². The number of nitrogens with one attached hydrogen (secondary N) is 2. The molecule has 2 amide bonds. The van der Waals surface area contributed by atoms with Crippen molar-refractivity contribution in [2.75, 3.05) is 11.9 Å². The van der Waals surface area contributed by atoms with Crippen LogP contribution in [0.4, 0.5) is 5.69 Å². The SMILES string of the molecule is Br.Br.CC[C@H](C)[C@H](N)C(=O)NCC(=O)Nc1ccc(Br)cc1C(=O)c1ccccn1. The molecule has 0 radical (unpaired) electrons. The maximum absolute atomic E-state index is 12.7. The van der Waals surface area contributed by atoms with Gasteiger partial charge in [-0.25, -0.2) is 0 Å². The Hall–Kier alpha value is -1.62. The molecule has 0 unspecified atom stereocenters. The Morgan fingerprint density at radius 2 is 1.87 bits per heavy atom. The normalized spacial score (nSPS) is 11.9. The summed E-state index contributed by atoms with van der Waals surface area (Å²) in [7, 11) is 0. The Labute approximate surface area is 205 Å². The van der Waals surface area contributed by atoms with Crippen LogP contribution < -0.4 is 16.4 Å². The molecule has 0 spiro atoms. The van der Waals surface area contributed by atoms with Crippen molar-refractivity contribution in [1.82, 2.24) is 10.3 Å². The summed E-state index contributed by atoms with van der Waals surface area (Å²) in [6.07, 6.45) is 2.29. The maximum Gasteiger partial charge on any atom is 0.243 e. The van der Waals surface area contributed by atoms with Crippen LogP contribution in [0.1, 0.15) is 36.3 Å². The third-order valence-corrected chi connectivity index (χ3v) is 4.87. The molecule has 1 heterocycles. The lowest BCUT2D eigenvalue weighted by Crippen LogP contribution is -2.46. The van der Waals surface area contributed by atoms with E-state index in [0.717, 1.165) is 6.42 Å². The van der Waals surface area contributed by atoms with Gasteiger partial charge in [-0.05, 0) is 36.2 Å². The number of carbonyl (C=O) groups excluding carboxylic acids is 3. The second-order valence-corrected chi connectivity index (χ2v) is 7.33. The van der Waals surface area contributed by atoms with Gasteiger partial charge in [-0.3, -0.25) is 19.4 Å². The van der Waals surface area contributed by atoms with Crippen molar-refractivity contribution in [2.45, 2.75) is 26.3 Å². The molecular formula is C20H25Br3N4O3. The predicted molar refractivity (Wildman–Crippen MR) is 132 cm³/mol. The van der Waals surface area contributed by atoms with Gasteiger partial charge >= 0.3 is 0 Å². The molecule has 0 saturated carbocycles. The number of nitrogens with zero attached hydrogens (tertiary/aromatic N) is 1. The zero-order valence-electron chi connectivity index (χ0n) is 16.6. The number of rotatable bonds is 8. The third kappa shape index (κ3) is 7.90. The van der Waals surface area contributed by atoms with Gasteiger partial charge in [0.05, 0.1) is 18.3 Å². The first kappa shape index (κ1) is 28.4. The van der Waals surface area contributed by atoms with Crippen molar-refractivity contribution in [3.05, 3.63) is 58.3 Å². The molecule has 2 rings (SSSR count). The highest BCUT2D eigenvalue weighted by Crippen LogP contribution is 2.23. The van der Waals surface area contributed by atoms with E-state index in [-0.39, 0.29) is 63.8 Å². The van der Waals surface area contributed by atoms with Crippen molar-refractivity contribution in [3.63, 3.8) is 0 Å². The summed E-state index contributed by atoms with van der Waals surface area (Å²) in [5.41, 5.74) is 6.75. The van der Waals surface area contributed by atoms with E-state index in [9.17, 15) is 14.4 Å². The Morgan fingerprint density at radius 3 is 2.47 bits per heavy atom. The van der Waals surface area contributed by atoms with Gasteiger partial charge in [0.2, 0.25) is 17.6 Å². The standard InChI is InChI=1S/C20H23BrN4O3.2BrH/c1-3-12(2)18(22)20(28)24-11-17(26)25-15-8-7-13(21)10-14(15)19(27)16-6-4-5-9-23-16;;/h4-10,12,18H,3,11,22H2,1-2H3,(H,24,28)(H,25,26);2*1H/t12-,18-;;/m0../s1. The van der Waals surface area contributed by atoms with Crippen LogP contribution in [0.25, 0.3) is 0 Å². The minimum Gasteiger partial charge on any atom is -0.346 e. The van der Waals surface area contributed by atoms with Crippen molar-refractivity contribution >= 4 is 73.2 Å². The van der Waals surface area contributed by atoms with Crippen LogP contribution in [-0.4, -0.2) is 35.2 Å². The van der Waals surface area contributed by atoms with E-state index in [2.05, 4.69) is 31.5 Å². The summed E-state index contributed by atoms with van der Waals surface area (Å²) in [4.78, 5) is 41.1. The smallest absolute Gasteiger partial charge is 0.243 e. The van der Waals surface area contributed by atoms with Crippen LogP contribution in [-0.2, 0) is 9.59 Å². The lowest BCUT2D eigenvalue weighted by atomic mass is 9.99. The number of hydrogen-bond donors (Lipinski definition) is 3. The molecule has 7 nitrogen and oxygen atoms in total. The summed E-state index contributed by atoms with van der Waals surface area (Å²) < 4.78 is 0.692. The number of carbonyl (C=O) groups is 3. The first-order valence-corrected chi connectivity index (χ1v) is 9.71. The first-order chi connectivity index (χ1) is 13.3. The predicted octanol–water partition coefficient (Wildman–Crippen LogP) is 3.66. The lowest BCUT2D eigenvalue weighted by Gasteiger charge is -2.17. The van der Waals surface area contributed by atoms with E-state index in [1.807, 2.05) is 13.8 Å². The van der Waals surface area contributed by atoms with E-state index < -0.39 is 11.9 Å². The van der Waals surface area contributed by atoms with Crippen LogP contribution in [0.15, 0.2) is 47.1 Å². The second-order valence-electron chi connectivity index (χ2n) is 6.41. The average Bonchev–Trinajstić information content (AvgIpc) is 2.72. The maximum atomic E-state index is 12.7. The van der Waals surface area contributed by atoms with Crippen molar-refractivity contribution in [1.29, 1.82) is 0 Å². The number of benzene rings is 1. The van der Waals surface area contributed by atoms with Crippen molar-refractivity contribution in [2.24, 2.45) is 11.7 Å². The van der Waals surface area contributed by atoms with Crippen molar-refractivity contribution < 1.29 is 14.4 Å². The highest BCUT2D eigenvalue weighted by atomic mass is 79.9. The van der Waals surface area contributed by atoms with Gasteiger partial charge in [-0.15, -0.1) is 34.0 Å². The van der Waals surface area contributed by atoms with Gasteiger partial charge in [0, 0.05) is 16.2 Å². The summed E-state index contributed by atoms with van der Waals surface area (Å²) >= 11 is 3.33. The molecule has 0 bridgehead atoms. The van der Waals surface area contributed by atoms with E-state index in [1.54, 1.807) is 36.4 Å². The molecule has 30 heavy (non-hydrogen) atoms. The number of aromatic nitrogens is 1. The Bertz CT molecular complexity index is 866. The lowest BCUT2D eigenvalue weighted by molar-refractivity contribution is -0.125. The molecule has 10 heteroatoms. The Balaban J connectivity index is 0.00000420. The largest absolute Gasteiger partial charge is 0.346 e. The molecule has 1 aromatic carbocycles. The number of nitrogens with two attached hydrogens (primary N) is 1. The van der Waals surface area contributed by atoms with Crippen LogP contribution in [0.2, 0.25) is 0 Å². The molecule has 164 valence electrons. The Kier molecular flexibility index (Phi) is 12.9. The minimum atomic E-state index is -0.674. The molecule has 0 fully saturated rings. The van der Waals surface area contributed by atoms with E-state index in [0.29, 0.717) is 15.7 Å². The number of amides is 2. The molecular weight excluding hydrogens is 584 g/mol. The van der Waals surface area contributed by atoms with Gasteiger partial charge in [0.15, 0.2) is 0 Å². The number of halogens is 3. The average molecular weight is 609 g/mol. The fourth-order valence-corrected chi connectivity index (χ4v) is 2.80. The molecule has 1 aromatic heterocycles. The molecule has 0 aliphatic heterocycles. The van der Waals surface area contributed by atoms with Gasteiger partial charge < -0.3 is 16.4 Å². The topological polar surface area (TPSA) is 114 Å². The van der Waals surface area contributed by atoms with Crippen LogP contribution in [0, 0.1) is 5.92 Å².